The number of hydrogen-bond donors (Lipinski definition) is 1. The lowest BCUT2D eigenvalue weighted by molar-refractivity contribution is -0.0148. The molecule has 1 aromatic heterocycles. The zero-order valence-corrected chi connectivity index (χ0v) is 11.5. The first-order valence-corrected chi connectivity index (χ1v) is 6.84. The maximum atomic E-state index is 12.0. The molecule has 1 aliphatic rings. The van der Waals surface area contributed by atoms with Gasteiger partial charge in [-0.3, -0.25) is 0 Å². The van der Waals surface area contributed by atoms with E-state index in [0.29, 0.717) is 16.3 Å². The molecule has 6 heteroatoms. The third kappa shape index (κ3) is 2.81. The van der Waals surface area contributed by atoms with Crippen molar-refractivity contribution >= 4 is 22.5 Å². The molecule has 0 radical (unpaired) electrons. The highest BCUT2D eigenvalue weighted by Gasteiger charge is 2.27. The molecule has 1 heterocycles. The number of rotatable bonds is 3. The number of methoxy groups -OCH3 is 1. The molecule has 0 saturated heterocycles. The van der Waals surface area contributed by atoms with Crippen LogP contribution in [-0.2, 0) is 9.47 Å². The van der Waals surface area contributed by atoms with E-state index in [9.17, 15) is 4.79 Å². The lowest BCUT2D eigenvalue weighted by Gasteiger charge is -2.27. The standard InChI is InChI=1S/C12H18N2O3S/c1-7-10(11(13)18-14-7)12(15)17-9-5-3-4-8(6-9)16-2/h8-9H,3-6,13H2,1-2H3. The number of carbonyl (C=O) groups is 1. The maximum absolute atomic E-state index is 12.0. The third-order valence-corrected chi connectivity index (χ3v) is 4.04. The predicted octanol–water partition coefficient (Wildman–Crippen LogP) is 2.15. The number of nitrogen functional groups attached to an aromatic ring is 1. The number of ether oxygens (including phenoxy) is 2. The molecule has 18 heavy (non-hydrogen) atoms. The molecule has 2 unspecified atom stereocenters. The van der Waals surface area contributed by atoms with E-state index in [2.05, 4.69) is 4.37 Å². The van der Waals surface area contributed by atoms with Crippen LogP contribution >= 0.6 is 11.5 Å². The summed E-state index contributed by atoms with van der Waals surface area (Å²) in [6.07, 6.45) is 3.82. The SMILES string of the molecule is COC1CCCC(OC(=O)c2c(C)nsc2N)C1. The molecule has 5 nitrogen and oxygen atoms in total. The number of esters is 1. The van der Waals surface area contributed by atoms with Crippen molar-refractivity contribution in [1.29, 1.82) is 0 Å². The van der Waals surface area contributed by atoms with Crippen LogP contribution in [0.15, 0.2) is 0 Å². The molecule has 2 N–H and O–H groups in total. The molecule has 0 aromatic carbocycles. The first kappa shape index (κ1) is 13.3. The monoisotopic (exact) mass is 270 g/mol. The molecular formula is C12H18N2O3S. The number of anilines is 1. The number of aromatic nitrogens is 1. The third-order valence-electron chi connectivity index (χ3n) is 3.28. The summed E-state index contributed by atoms with van der Waals surface area (Å²) < 4.78 is 14.9. The first-order valence-electron chi connectivity index (χ1n) is 6.07. The van der Waals surface area contributed by atoms with Crippen LogP contribution in [0.2, 0.25) is 0 Å². The Balaban J connectivity index is 1.99. The molecule has 1 aliphatic carbocycles. The van der Waals surface area contributed by atoms with E-state index in [1.807, 2.05) is 0 Å². The van der Waals surface area contributed by atoms with E-state index in [0.717, 1.165) is 37.2 Å². The molecule has 0 bridgehead atoms. The summed E-state index contributed by atoms with van der Waals surface area (Å²) in [7, 11) is 1.69. The molecule has 1 aromatic rings. The van der Waals surface area contributed by atoms with Crippen molar-refractivity contribution in [2.75, 3.05) is 12.8 Å². The van der Waals surface area contributed by atoms with Gasteiger partial charge in [0.1, 0.15) is 16.7 Å². The van der Waals surface area contributed by atoms with Crippen LogP contribution in [0.25, 0.3) is 0 Å². The Hall–Kier alpha value is -1.14. The fraction of sp³-hybridized carbons (Fsp3) is 0.667. The summed E-state index contributed by atoms with van der Waals surface area (Å²) in [5.41, 5.74) is 6.79. The largest absolute Gasteiger partial charge is 0.459 e. The van der Waals surface area contributed by atoms with E-state index < -0.39 is 0 Å². The zero-order chi connectivity index (χ0) is 13.1. The van der Waals surface area contributed by atoms with E-state index >= 15 is 0 Å². The van der Waals surface area contributed by atoms with Gasteiger partial charge in [-0.1, -0.05) is 0 Å². The highest BCUT2D eigenvalue weighted by molar-refractivity contribution is 7.10. The summed E-state index contributed by atoms with van der Waals surface area (Å²) in [6.45, 7) is 1.77. The Labute approximate surface area is 110 Å². The lowest BCUT2D eigenvalue weighted by Crippen LogP contribution is -2.29. The lowest BCUT2D eigenvalue weighted by atomic mass is 9.95. The molecule has 2 atom stereocenters. The fourth-order valence-corrected chi connectivity index (χ4v) is 2.92. The highest BCUT2D eigenvalue weighted by Crippen LogP contribution is 2.26. The van der Waals surface area contributed by atoms with Gasteiger partial charge in [0.15, 0.2) is 0 Å². The molecule has 2 rings (SSSR count). The smallest absolute Gasteiger partial charge is 0.343 e. The van der Waals surface area contributed by atoms with Crippen molar-refractivity contribution in [2.24, 2.45) is 0 Å². The molecule has 1 saturated carbocycles. The van der Waals surface area contributed by atoms with Gasteiger partial charge in [-0.25, -0.2) is 4.79 Å². The normalized spacial score (nSPS) is 23.9. The van der Waals surface area contributed by atoms with Crippen LogP contribution in [0.4, 0.5) is 5.00 Å². The number of carbonyl (C=O) groups excluding carboxylic acids is 1. The van der Waals surface area contributed by atoms with Crippen molar-refractivity contribution in [1.82, 2.24) is 4.37 Å². The Morgan fingerprint density at radius 3 is 2.78 bits per heavy atom. The molecule has 100 valence electrons. The van der Waals surface area contributed by atoms with Crippen LogP contribution in [-0.4, -0.2) is 29.7 Å². The van der Waals surface area contributed by atoms with Crippen molar-refractivity contribution in [3.63, 3.8) is 0 Å². The number of nitrogens with two attached hydrogens (primary N) is 1. The summed E-state index contributed by atoms with van der Waals surface area (Å²) in [5, 5.41) is 0.427. The van der Waals surface area contributed by atoms with Crippen molar-refractivity contribution in [2.45, 2.75) is 44.8 Å². The van der Waals surface area contributed by atoms with Crippen LogP contribution < -0.4 is 5.73 Å². The van der Waals surface area contributed by atoms with Gasteiger partial charge in [-0.2, -0.15) is 4.37 Å². The Morgan fingerprint density at radius 1 is 1.44 bits per heavy atom. The second-order valence-electron chi connectivity index (χ2n) is 4.56. The van der Waals surface area contributed by atoms with E-state index in [-0.39, 0.29) is 18.2 Å². The number of nitrogens with zero attached hydrogens (tertiary/aromatic N) is 1. The van der Waals surface area contributed by atoms with Crippen molar-refractivity contribution < 1.29 is 14.3 Å². The van der Waals surface area contributed by atoms with Crippen LogP contribution in [0, 0.1) is 6.92 Å². The van der Waals surface area contributed by atoms with E-state index in [1.165, 1.54) is 0 Å². The number of aryl methyl sites for hydroxylation is 1. The van der Waals surface area contributed by atoms with Crippen molar-refractivity contribution in [3.8, 4) is 0 Å². The average molecular weight is 270 g/mol. The molecule has 1 fully saturated rings. The van der Waals surface area contributed by atoms with Gasteiger partial charge < -0.3 is 15.2 Å². The minimum atomic E-state index is -0.361. The second kappa shape index (κ2) is 5.67. The predicted molar refractivity (Wildman–Crippen MR) is 69.7 cm³/mol. The maximum Gasteiger partial charge on any atom is 0.343 e. The summed E-state index contributed by atoms with van der Waals surface area (Å²) >= 11 is 1.13. The molecule has 0 spiro atoms. The number of hydrogen-bond acceptors (Lipinski definition) is 6. The Morgan fingerprint density at radius 2 is 2.17 bits per heavy atom. The van der Waals surface area contributed by atoms with Crippen LogP contribution in [0.1, 0.15) is 41.7 Å². The van der Waals surface area contributed by atoms with Crippen LogP contribution in [0.3, 0.4) is 0 Å². The first-order chi connectivity index (χ1) is 8.61. The summed E-state index contributed by atoms with van der Waals surface area (Å²) in [5.74, 6) is -0.361. The Bertz CT molecular complexity index is 413. The summed E-state index contributed by atoms with van der Waals surface area (Å²) in [4.78, 5) is 12.0. The minimum Gasteiger partial charge on any atom is -0.459 e. The summed E-state index contributed by atoms with van der Waals surface area (Å²) in [6, 6.07) is 0. The molecule has 0 aliphatic heterocycles. The minimum absolute atomic E-state index is 0.0742. The van der Waals surface area contributed by atoms with E-state index in [4.69, 9.17) is 15.2 Å². The van der Waals surface area contributed by atoms with Gasteiger partial charge in [-0.15, -0.1) is 0 Å². The van der Waals surface area contributed by atoms with Gasteiger partial charge in [0.2, 0.25) is 0 Å². The second-order valence-corrected chi connectivity index (χ2v) is 5.36. The Kier molecular flexibility index (Phi) is 4.19. The zero-order valence-electron chi connectivity index (χ0n) is 10.6. The topological polar surface area (TPSA) is 74.4 Å². The van der Waals surface area contributed by atoms with Crippen molar-refractivity contribution in [3.05, 3.63) is 11.3 Å². The van der Waals surface area contributed by atoms with Gasteiger partial charge in [0.05, 0.1) is 11.8 Å². The van der Waals surface area contributed by atoms with Gasteiger partial charge in [0.25, 0.3) is 0 Å². The quantitative estimate of drug-likeness (QED) is 0.852. The van der Waals surface area contributed by atoms with Crippen LogP contribution in [0.5, 0.6) is 0 Å². The fourth-order valence-electron chi connectivity index (χ4n) is 2.27. The highest BCUT2D eigenvalue weighted by atomic mass is 32.1. The van der Waals surface area contributed by atoms with Gasteiger partial charge in [-0.05, 0) is 37.7 Å². The van der Waals surface area contributed by atoms with Gasteiger partial charge in [0, 0.05) is 13.5 Å². The molecule has 0 amide bonds. The average Bonchev–Trinajstić information content (AvgIpc) is 2.69. The molecular weight excluding hydrogens is 252 g/mol. The van der Waals surface area contributed by atoms with Gasteiger partial charge >= 0.3 is 5.97 Å². The van der Waals surface area contributed by atoms with E-state index in [1.54, 1.807) is 14.0 Å².